The number of hydrogen-bond donors (Lipinski definition) is 2. The first-order chi connectivity index (χ1) is 7.63. The highest BCUT2D eigenvalue weighted by Crippen LogP contribution is 2.07. The smallest absolute Gasteiger partial charge is 0.323 e. The van der Waals surface area contributed by atoms with Crippen LogP contribution in [0.5, 0.6) is 0 Å². The molecule has 0 amide bonds. The number of nitrogen functional groups attached to an aromatic ring is 1. The van der Waals surface area contributed by atoms with Crippen molar-refractivity contribution in [2.75, 3.05) is 12.3 Å². The molecule has 0 fully saturated rings. The average molecular weight is 222 g/mol. The van der Waals surface area contributed by atoms with Crippen LogP contribution in [0.2, 0.25) is 0 Å². The molecule has 1 rings (SSSR count). The molecule has 0 unspecified atom stereocenters. The van der Waals surface area contributed by atoms with E-state index in [1.807, 2.05) is 19.1 Å². The number of carbonyl (C=O) groups excluding carboxylic acids is 1. The third-order valence-corrected chi connectivity index (χ3v) is 2.19. The van der Waals surface area contributed by atoms with Gasteiger partial charge in [-0.05, 0) is 30.5 Å². The van der Waals surface area contributed by atoms with Crippen LogP contribution in [-0.2, 0) is 16.0 Å². The van der Waals surface area contributed by atoms with Crippen molar-refractivity contribution >= 4 is 11.7 Å². The summed E-state index contributed by atoms with van der Waals surface area (Å²) in [4.78, 5) is 11.4. The number of rotatable bonds is 5. The molecule has 0 radical (unpaired) electrons. The van der Waals surface area contributed by atoms with Crippen LogP contribution in [0, 0.1) is 0 Å². The highest BCUT2D eigenvalue weighted by molar-refractivity contribution is 5.75. The van der Waals surface area contributed by atoms with Gasteiger partial charge in [0.15, 0.2) is 0 Å². The second-order valence-electron chi connectivity index (χ2n) is 3.72. The van der Waals surface area contributed by atoms with Gasteiger partial charge in [-0.25, -0.2) is 0 Å². The zero-order valence-corrected chi connectivity index (χ0v) is 9.48. The van der Waals surface area contributed by atoms with E-state index in [-0.39, 0.29) is 5.97 Å². The molecule has 16 heavy (non-hydrogen) atoms. The molecule has 0 aliphatic heterocycles. The van der Waals surface area contributed by atoms with Gasteiger partial charge in [-0.1, -0.05) is 19.1 Å². The first-order valence-corrected chi connectivity index (χ1v) is 5.40. The Morgan fingerprint density at radius 2 is 2.00 bits per heavy atom. The Kier molecular flexibility index (Phi) is 4.79. The van der Waals surface area contributed by atoms with E-state index in [2.05, 4.69) is 0 Å². The molecule has 4 N–H and O–H groups in total. The Balaban J connectivity index is 2.47. The summed E-state index contributed by atoms with van der Waals surface area (Å²) < 4.78 is 4.96. The number of ether oxygens (including phenoxy) is 1. The summed E-state index contributed by atoms with van der Waals surface area (Å²) in [5, 5.41) is 0. The Bertz CT molecular complexity index is 335. The van der Waals surface area contributed by atoms with Gasteiger partial charge in [0.05, 0.1) is 6.61 Å². The first-order valence-electron chi connectivity index (χ1n) is 5.40. The van der Waals surface area contributed by atoms with Crippen LogP contribution in [0.4, 0.5) is 5.69 Å². The van der Waals surface area contributed by atoms with Gasteiger partial charge < -0.3 is 16.2 Å². The minimum atomic E-state index is -0.602. The summed E-state index contributed by atoms with van der Waals surface area (Å²) in [7, 11) is 0. The number of anilines is 1. The van der Waals surface area contributed by atoms with Gasteiger partial charge in [-0.15, -0.1) is 0 Å². The van der Waals surface area contributed by atoms with E-state index < -0.39 is 6.04 Å². The van der Waals surface area contributed by atoms with E-state index in [0.717, 1.165) is 12.0 Å². The molecule has 4 heteroatoms. The third kappa shape index (κ3) is 3.90. The fourth-order valence-corrected chi connectivity index (χ4v) is 1.30. The predicted octanol–water partition coefficient (Wildman–Crippen LogP) is 1.09. The number of hydrogen-bond acceptors (Lipinski definition) is 4. The molecular weight excluding hydrogens is 204 g/mol. The van der Waals surface area contributed by atoms with Gasteiger partial charge in [0.1, 0.15) is 6.04 Å². The van der Waals surface area contributed by atoms with Crippen LogP contribution in [-0.4, -0.2) is 18.6 Å². The summed E-state index contributed by atoms with van der Waals surface area (Å²) in [6.07, 6.45) is 1.28. The molecule has 0 heterocycles. The monoisotopic (exact) mass is 222 g/mol. The van der Waals surface area contributed by atoms with Gasteiger partial charge in [-0.2, -0.15) is 0 Å². The second kappa shape index (κ2) is 6.12. The molecule has 0 bridgehead atoms. The minimum absolute atomic E-state index is 0.348. The minimum Gasteiger partial charge on any atom is -0.465 e. The van der Waals surface area contributed by atoms with Crippen LogP contribution in [0.3, 0.4) is 0 Å². The highest BCUT2D eigenvalue weighted by atomic mass is 16.5. The van der Waals surface area contributed by atoms with E-state index >= 15 is 0 Å². The van der Waals surface area contributed by atoms with Gasteiger partial charge in [0.2, 0.25) is 0 Å². The summed E-state index contributed by atoms with van der Waals surface area (Å²) in [6.45, 7) is 2.37. The molecule has 0 saturated heterocycles. The van der Waals surface area contributed by atoms with Crippen molar-refractivity contribution in [3.8, 4) is 0 Å². The Morgan fingerprint density at radius 3 is 2.56 bits per heavy atom. The number of carbonyl (C=O) groups is 1. The van der Waals surface area contributed by atoms with Crippen LogP contribution >= 0.6 is 0 Å². The lowest BCUT2D eigenvalue weighted by Crippen LogP contribution is -2.34. The molecule has 0 spiro atoms. The van der Waals surface area contributed by atoms with Crippen LogP contribution in [0.15, 0.2) is 24.3 Å². The van der Waals surface area contributed by atoms with Crippen LogP contribution < -0.4 is 11.5 Å². The van der Waals surface area contributed by atoms with E-state index in [1.165, 1.54) is 0 Å². The lowest BCUT2D eigenvalue weighted by Gasteiger charge is -2.11. The zero-order valence-electron chi connectivity index (χ0n) is 9.48. The number of benzene rings is 1. The number of esters is 1. The molecule has 1 aromatic carbocycles. The predicted molar refractivity (Wildman–Crippen MR) is 63.8 cm³/mol. The summed E-state index contributed by atoms with van der Waals surface area (Å²) >= 11 is 0. The van der Waals surface area contributed by atoms with E-state index in [9.17, 15) is 4.79 Å². The van der Waals surface area contributed by atoms with Gasteiger partial charge in [-0.3, -0.25) is 4.79 Å². The first kappa shape index (κ1) is 12.5. The molecule has 88 valence electrons. The van der Waals surface area contributed by atoms with Crippen LogP contribution in [0.1, 0.15) is 18.9 Å². The highest BCUT2D eigenvalue weighted by Gasteiger charge is 2.14. The van der Waals surface area contributed by atoms with Crippen molar-refractivity contribution in [3.63, 3.8) is 0 Å². The topological polar surface area (TPSA) is 78.3 Å². The Labute approximate surface area is 95.6 Å². The van der Waals surface area contributed by atoms with Crippen molar-refractivity contribution in [2.45, 2.75) is 25.8 Å². The standard InChI is InChI=1S/C12H18N2O2/c1-2-7-16-12(15)11(14)8-9-3-5-10(13)6-4-9/h3-6,11H,2,7-8,13-14H2,1H3/t11-/m0/s1. The normalized spacial score (nSPS) is 12.1. The molecule has 0 saturated carbocycles. The largest absolute Gasteiger partial charge is 0.465 e. The van der Waals surface area contributed by atoms with E-state index in [0.29, 0.717) is 18.7 Å². The lowest BCUT2D eigenvalue weighted by atomic mass is 10.1. The summed E-state index contributed by atoms with van der Waals surface area (Å²) in [5.74, 6) is -0.348. The van der Waals surface area contributed by atoms with Crippen molar-refractivity contribution in [3.05, 3.63) is 29.8 Å². The maximum Gasteiger partial charge on any atom is 0.323 e. The maximum absolute atomic E-state index is 11.4. The maximum atomic E-state index is 11.4. The molecule has 4 nitrogen and oxygen atoms in total. The SMILES string of the molecule is CCCOC(=O)[C@@H](N)Cc1ccc(N)cc1. The quantitative estimate of drug-likeness (QED) is 0.577. The molecular formula is C12H18N2O2. The van der Waals surface area contributed by atoms with Crippen molar-refractivity contribution in [1.29, 1.82) is 0 Å². The zero-order chi connectivity index (χ0) is 12.0. The summed E-state index contributed by atoms with van der Waals surface area (Å²) in [6, 6.07) is 6.71. The van der Waals surface area contributed by atoms with Gasteiger partial charge >= 0.3 is 5.97 Å². The van der Waals surface area contributed by atoms with E-state index in [4.69, 9.17) is 16.2 Å². The number of nitrogens with two attached hydrogens (primary N) is 2. The second-order valence-corrected chi connectivity index (χ2v) is 3.72. The molecule has 1 aromatic rings. The molecule has 0 aliphatic rings. The van der Waals surface area contributed by atoms with Crippen molar-refractivity contribution < 1.29 is 9.53 Å². The third-order valence-electron chi connectivity index (χ3n) is 2.19. The van der Waals surface area contributed by atoms with Crippen molar-refractivity contribution in [1.82, 2.24) is 0 Å². The molecule has 1 atom stereocenters. The summed E-state index contributed by atoms with van der Waals surface area (Å²) in [5.41, 5.74) is 13.0. The Hall–Kier alpha value is -1.55. The Morgan fingerprint density at radius 1 is 1.38 bits per heavy atom. The van der Waals surface area contributed by atoms with E-state index in [1.54, 1.807) is 12.1 Å². The van der Waals surface area contributed by atoms with Gasteiger partial charge in [0.25, 0.3) is 0 Å². The van der Waals surface area contributed by atoms with Gasteiger partial charge in [0, 0.05) is 5.69 Å². The fraction of sp³-hybridized carbons (Fsp3) is 0.417. The van der Waals surface area contributed by atoms with Crippen molar-refractivity contribution in [2.24, 2.45) is 5.73 Å². The molecule has 0 aromatic heterocycles. The van der Waals surface area contributed by atoms with Crippen LogP contribution in [0.25, 0.3) is 0 Å². The average Bonchev–Trinajstić information content (AvgIpc) is 2.29. The molecule has 0 aliphatic carbocycles. The lowest BCUT2D eigenvalue weighted by molar-refractivity contribution is -0.145. The fourth-order valence-electron chi connectivity index (χ4n) is 1.30.